The van der Waals surface area contributed by atoms with Crippen molar-refractivity contribution in [2.75, 3.05) is 13.2 Å². The van der Waals surface area contributed by atoms with E-state index < -0.39 is 0 Å². The number of esters is 2. The summed E-state index contributed by atoms with van der Waals surface area (Å²) in [6, 6.07) is 0. The first-order valence-electron chi connectivity index (χ1n) is 9.87. The van der Waals surface area contributed by atoms with Gasteiger partial charge < -0.3 is 9.47 Å². The maximum atomic E-state index is 12.6. The number of rotatable bonds is 6. The molecule has 0 aromatic rings. The molecule has 0 aliphatic heterocycles. The van der Waals surface area contributed by atoms with Gasteiger partial charge >= 0.3 is 11.9 Å². The standard InChI is InChI=1S/C22H32O4/c1-5-9-25-20(24)22(4)8-7-17-15-10-16(18(17)13-22)12-21(3,11-15)14-26-19(23)6-2/h5-6,15-18H,1-2,7-14H2,3-4H3. The van der Waals surface area contributed by atoms with E-state index in [4.69, 9.17) is 9.47 Å². The van der Waals surface area contributed by atoms with Crippen molar-refractivity contribution < 1.29 is 19.1 Å². The van der Waals surface area contributed by atoms with Crippen molar-refractivity contribution in [2.45, 2.75) is 52.4 Å². The van der Waals surface area contributed by atoms with Crippen molar-refractivity contribution in [3.8, 4) is 0 Å². The molecule has 3 aliphatic rings. The molecule has 0 radical (unpaired) electrons. The quantitative estimate of drug-likeness (QED) is 0.402. The fraction of sp³-hybridized carbons (Fsp3) is 0.727. The summed E-state index contributed by atoms with van der Waals surface area (Å²) in [5, 5.41) is 0. The Morgan fingerprint density at radius 1 is 1.08 bits per heavy atom. The first kappa shape index (κ1) is 19.2. The molecule has 3 rings (SSSR count). The van der Waals surface area contributed by atoms with Gasteiger partial charge in [-0.1, -0.05) is 26.2 Å². The van der Waals surface area contributed by atoms with Gasteiger partial charge in [0.1, 0.15) is 6.61 Å². The largest absolute Gasteiger partial charge is 0.462 e. The normalized spacial score (nSPS) is 41.0. The molecule has 2 bridgehead atoms. The second-order valence-corrected chi connectivity index (χ2v) is 9.30. The molecular weight excluding hydrogens is 328 g/mol. The van der Waals surface area contributed by atoms with Gasteiger partial charge in [-0.05, 0) is 69.1 Å². The summed E-state index contributed by atoms with van der Waals surface area (Å²) in [7, 11) is 0. The number of carbonyl (C=O) groups excluding carboxylic acids is 2. The van der Waals surface area contributed by atoms with E-state index in [0.29, 0.717) is 36.9 Å². The highest BCUT2D eigenvalue weighted by Gasteiger charge is 2.56. The van der Waals surface area contributed by atoms with Gasteiger partial charge in [-0.15, -0.1) is 0 Å². The zero-order valence-corrected chi connectivity index (χ0v) is 16.2. The minimum absolute atomic E-state index is 0.0450. The molecule has 0 spiro atoms. The second kappa shape index (κ2) is 7.21. The summed E-state index contributed by atoms with van der Waals surface area (Å²) in [6.45, 7) is 12.2. The summed E-state index contributed by atoms with van der Waals surface area (Å²) in [5.41, 5.74) is -0.323. The lowest BCUT2D eigenvalue weighted by Gasteiger charge is -2.40. The maximum absolute atomic E-state index is 12.6. The fourth-order valence-electron chi connectivity index (χ4n) is 6.05. The van der Waals surface area contributed by atoms with E-state index in [-0.39, 0.29) is 22.8 Å². The van der Waals surface area contributed by atoms with Gasteiger partial charge in [0, 0.05) is 11.5 Å². The van der Waals surface area contributed by atoms with Crippen LogP contribution < -0.4 is 0 Å². The van der Waals surface area contributed by atoms with Crippen LogP contribution in [0.3, 0.4) is 0 Å². The molecule has 0 saturated heterocycles. The van der Waals surface area contributed by atoms with Gasteiger partial charge in [0.25, 0.3) is 0 Å². The van der Waals surface area contributed by atoms with E-state index in [9.17, 15) is 9.59 Å². The third-order valence-electron chi connectivity index (χ3n) is 7.15. The van der Waals surface area contributed by atoms with Crippen molar-refractivity contribution in [1.29, 1.82) is 0 Å². The van der Waals surface area contributed by atoms with Crippen LogP contribution in [0.5, 0.6) is 0 Å². The lowest BCUT2D eigenvalue weighted by molar-refractivity contribution is -0.157. The number of fused-ring (bicyclic) bond motifs is 5. The number of hydrogen-bond donors (Lipinski definition) is 0. The van der Waals surface area contributed by atoms with Crippen LogP contribution in [0.2, 0.25) is 0 Å². The van der Waals surface area contributed by atoms with Gasteiger partial charge in [0.2, 0.25) is 0 Å². The lowest BCUT2D eigenvalue weighted by Crippen LogP contribution is -2.39. The van der Waals surface area contributed by atoms with Crippen molar-refractivity contribution in [1.82, 2.24) is 0 Å². The summed E-state index contributed by atoms with van der Waals surface area (Å²) >= 11 is 0. The van der Waals surface area contributed by atoms with Crippen molar-refractivity contribution in [3.63, 3.8) is 0 Å². The molecule has 4 heteroatoms. The summed E-state index contributed by atoms with van der Waals surface area (Å²) in [6.07, 6.45) is 9.27. The summed E-state index contributed by atoms with van der Waals surface area (Å²) in [4.78, 5) is 24.0. The van der Waals surface area contributed by atoms with Crippen molar-refractivity contribution in [3.05, 3.63) is 25.3 Å². The number of ether oxygens (including phenoxy) is 2. The highest BCUT2D eigenvalue weighted by Crippen LogP contribution is 2.62. The van der Waals surface area contributed by atoms with E-state index in [0.717, 1.165) is 32.1 Å². The minimum Gasteiger partial charge on any atom is -0.462 e. The molecule has 0 aromatic heterocycles. The van der Waals surface area contributed by atoms with Crippen LogP contribution in [-0.2, 0) is 19.1 Å². The van der Waals surface area contributed by atoms with Gasteiger partial charge in [0.05, 0.1) is 12.0 Å². The first-order chi connectivity index (χ1) is 12.3. The Morgan fingerprint density at radius 2 is 1.77 bits per heavy atom. The van der Waals surface area contributed by atoms with Crippen LogP contribution in [0.4, 0.5) is 0 Å². The van der Waals surface area contributed by atoms with E-state index in [1.807, 2.05) is 0 Å². The average molecular weight is 360 g/mol. The second-order valence-electron chi connectivity index (χ2n) is 9.30. The zero-order chi connectivity index (χ0) is 18.9. The van der Waals surface area contributed by atoms with Crippen molar-refractivity contribution in [2.24, 2.45) is 34.5 Å². The van der Waals surface area contributed by atoms with Crippen LogP contribution >= 0.6 is 0 Å². The fourth-order valence-corrected chi connectivity index (χ4v) is 6.05. The van der Waals surface area contributed by atoms with Crippen LogP contribution in [0.15, 0.2) is 25.3 Å². The highest BCUT2D eigenvalue weighted by molar-refractivity contribution is 5.81. The van der Waals surface area contributed by atoms with E-state index in [2.05, 4.69) is 27.0 Å². The lowest BCUT2D eigenvalue weighted by atomic mass is 9.64. The summed E-state index contributed by atoms with van der Waals surface area (Å²) in [5.74, 6) is 2.21. The third kappa shape index (κ3) is 3.60. The smallest absolute Gasteiger partial charge is 0.330 e. The van der Waals surface area contributed by atoms with Crippen molar-refractivity contribution >= 4 is 11.9 Å². The van der Waals surface area contributed by atoms with E-state index in [1.165, 1.54) is 12.5 Å². The average Bonchev–Trinajstić information content (AvgIpc) is 2.88. The Balaban J connectivity index is 1.68. The molecule has 0 N–H and O–H groups in total. The Labute approximate surface area is 157 Å². The topological polar surface area (TPSA) is 52.6 Å². The number of carbonyl (C=O) groups is 2. The molecule has 0 amide bonds. The molecular formula is C22H32O4. The van der Waals surface area contributed by atoms with Crippen LogP contribution in [0.25, 0.3) is 0 Å². The van der Waals surface area contributed by atoms with Crippen LogP contribution in [-0.4, -0.2) is 25.2 Å². The van der Waals surface area contributed by atoms with Crippen LogP contribution in [0, 0.1) is 34.5 Å². The Morgan fingerprint density at radius 3 is 2.42 bits per heavy atom. The molecule has 26 heavy (non-hydrogen) atoms. The minimum atomic E-state index is -0.368. The molecule has 144 valence electrons. The molecule has 4 nitrogen and oxygen atoms in total. The zero-order valence-electron chi connectivity index (χ0n) is 16.2. The molecule has 6 unspecified atom stereocenters. The SMILES string of the molecule is C=CCOC(=O)C1(C)CCC2C3CC(CC(C)(COC(=O)C=C)C3)C2C1. The maximum Gasteiger partial charge on any atom is 0.330 e. The van der Waals surface area contributed by atoms with Gasteiger partial charge in [-0.3, -0.25) is 4.79 Å². The van der Waals surface area contributed by atoms with Gasteiger partial charge in [0.15, 0.2) is 0 Å². The van der Waals surface area contributed by atoms with Gasteiger partial charge in [-0.2, -0.15) is 0 Å². The molecule has 0 heterocycles. The Bertz CT molecular complexity index is 597. The van der Waals surface area contributed by atoms with Gasteiger partial charge in [-0.25, -0.2) is 4.79 Å². The third-order valence-corrected chi connectivity index (χ3v) is 7.15. The Hall–Kier alpha value is -1.58. The van der Waals surface area contributed by atoms with E-state index in [1.54, 1.807) is 6.08 Å². The van der Waals surface area contributed by atoms with Crippen LogP contribution in [0.1, 0.15) is 52.4 Å². The molecule has 6 atom stereocenters. The summed E-state index contributed by atoms with van der Waals surface area (Å²) < 4.78 is 10.8. The number of hydrogen-bond acceptors (Lipinski definition) is 4. The van der Waals surface area contributed by atoms with E-state index >= 15 is 0 Å². The predicted molar refractivity (Wildman–Crippen MR) is 100 cm³/mol. The monoisotopic (exact) mass is 360 g/mol. The predicted octanol–water partition coefficient (Wildman–Crippen LogP) is 4.30. The molecule has 3 saturated carbocycles. The Kier molecular flexibility index (Phi) is 5.32. The molecule has 0 aromatic carbocycles. The first-order valence-corrected chi connectivity index (χ1v) is 9.87. The molecule has 3 aliphatic carbocycles. The highest BCUT2D eigenvalue weighted by atomic mass is 16.5. The molecule has 3 fully saturated rings.